The Morgan fingerprint density at radius 2 is 2.00 bits per heavy atom. The number of nitrogens with one attached hydrogen (secondary N) is 1. The Morgan fingerprint density at radius 3 is 2.71 bits per heavy atom. The van der Waals surface area contributed by atoms with Crippen LogP contribution >= 0.6 is 0 Å². The molecule has 3 aliphatic heterocycles. The van der Waals surface area contributed by atoms with Gasteiger partial charge in [0.1, 0.15) is 10.7 Å². The van der Waals surface area contributed by atoms with E-state index in [0.717, 1.165) is 99.8 Å². The third kappa shape index (κ3) is 3.55. The zero-order valence-corrected chi connectivity index (χ0v) is 17.4. The zero-order valence-electron chi connectivity index (χ0n) is 16.6. The Balaban J connectivity index is 1.29. The molecule has 0 amide bonds. The largest absolute Gasteiger partial charge is 0.381 e. The standard InChI is InChI=1S/C20H30N4O3S/c1-24(6-2-14-3-7-26-8-4-14)19-22-16-5-9-28(25)17(16)18(23-19)21-15-10-20(11-15)12-27-13-20/h14-15H,2-13H2,1H3,(H,21,22,23). The molecule has 1 aromatic heterocycles. The van der Waals surface area contributed by atoms with Crippen LogP contribution in [-0.2, 0) is 26.7 Å². The molecule has 28 heavy (non-hydrogen) atoms. The van der Waals surface area contributed by atoms with Gasteiger partial charge in [-0.05, 0) is 38.0 Å². The van der Waals surface area contributed by atoms with Crippen molar-refractivity contribution in [2.75, 3.05) is 56.0 Å². The number of rotatable bonds is 6. The molecule has 1 atom stereocenters. The predicted octanol–water partition coefficient (Wildman–Crippen LogP) is 1.98. The number of aryl methyl sites for hydroxylation is 1. The highest BCUT2D eigenvalue weighted by Gasteiger charge is 2.50. The number of hydrogen-bond donors (Lipinski definition) is 1. The third-order valence-electron chi connectivity index (χ3n) is 6.75. The third-order valence-corrected chi connectivity index (χ3v) is 8.21. The van der Waals surface area contributed by atoms with E-state index in [2.05, 4.69) is 17.3 Å². The van der Waals surface area contributed by atoms with Crippen LogP contribution in [0.3, 0.4) is 0 Å². The summed E-state index contributed by atoms with van der Waals surface area (Å²) in [7, 11) is 1.09. The Bertz CT molecular complexity index is 756. The molecule has 7 nitrogen and oxygen atoms in total. The van der Waals surface area contributed by atoms with E-state index in [1.54, 1.807) is 0 Å². The Labute approximate surface area is 169 Å². The molecule has 1 saturated carbocycles. The number of ether oxygens (including phenoxy) is 2. The molecular formula is C20H30N4O3S. The van der Waals surface area contributed by atoms with Crippen molar-refractivity contribution in [2.24, 2.45) is 11.3 Å². The summed E-state index contributed by atoms with van der Waals surface area (Å²) in [6, 6.07) is 0.404. The van der Waals surface area contributed by atoms with Crippen LogP contribution in [-0.4, -0.2) is 66.0 Å². The number of aromatic nitrogens is 2. The average Bonchev–Trinajstić information content (AvgIpc) is 3.02. The van der Waals surface area contributed by atoms with E-state index in [4.69, 9.17) is 19.4 Å². The number of fused-ring (bicyclic) bond motifs is 1. The lowest BCUT2D eigenvalue weighted by atomic mass is 9.64. The highest BCUT2D eigenvalue weighted by Crippen LogP contribution is 2.48. The Kier molecular flexibility index (Phi) is 5.05. The molecule has 8 heteroatoms. The van der Waals surface area contributed by atoms with Crippen LogP contribution in [0.1, 0.15) is 37.8 Å². The fourth-order valence-electron chi connectivity index (χ4n) is 4.87. The van der Waals surface area contributed by atoms with Gasteiger partial charge in [-0.25, -0.2) is 4.98 Å². The maximum absolute atomic E-state index is 12.5. The van der Waals surface area contributed by atoms with Crippen LogP contribution in [0.5, 0.6) is 0 Å². The summed E-state index contributed by atoms with van der Waals surface area (Å²) in [5.41, 5.74) is 1.36. The first-order valence-corrected chi connectivity index (χ1v) is 11.9. The zero-order chi connectivity index (χ0) is 19.1. The van der Waals surface area contributed by atoms with Gasteiger partial charge in [-0.2, -0.15) is 4.98 Å². The molecule has 4 aliphatic rings. The van der Waals surface area contributed by atoms with E-state index < -0.39 is 10.8 Å². The summed E-state index contributed by atoms with van der Waals surface area (Å²) >= 11 is 0. The normalized spacial score (nSPS) is 26.5. The van der Waals surface area contributed by atoms with Crippen molar-refractivity contribution in [3.63, 3.8) is 0 Å². The van der Waals surface area contributed by atoms with E-state index in [9.17, 15) is 4.21 Å². The molecular weight excluding hydrogens is 376 g/mol. The lowest BCUT2D eigenvalue weighted by Crippen LogP contribution is -2.56. The van der Waals surface area contributed by atoms with E-state index in [1.165, 1.54) is 0 Å². The second-order valence-electron chi connectivity index (χ2n) is 8.96. The van der Waals surface area contributed by atoms with E-state index in [1.807, 2.05) is 0 Å². The molecule has 4 heterocycles. The lowest BCUT2D eigenvalue weighted by Gasteiger charge is -2.53. The van der Waals surface area contributed by atoms with Crippen molar-refractivity contribution >= 4 is 22.6 Å². The van der Waals surface area contributed by atoms with Gasteiger partial charge in [0.05, 0.1) is 29.7 Å². The summed E-state index contributed by atoms with van der Waals surface area (Å²) in [5.74, 6) is 2.95. The molecule has 0 radical (unpaired) electrons. The van der Waals surface area contributed by atoms with Gasteiger partial charge in [0.25, 0.3) is 0 Å². The topological polar surface area (TPSA) is 76.6 Å². The van der Waals surface area contributed by atoms with Gasteiger partial charge < -0.3 is 19.7 Å². The Hall–Kier alpha value is -1.25. The van der Waals surface area contributed by atoms with Gasteiger partial charge in [-0.3, -0.25) is 4.21 Å². The molecule has 0 aromatic carbocycles. The number of nitrogens with zero attached hydrogens (tertiary/aromatic N) is 3. The van der Waals surface area contributed by atoms with Gasteiger partial charge in [-0.1, -0.05) is 0 Å². The molecule has 154 valence electrons. The molecule has 1 spiro atoms. The van der Waals surface area contributed by atoms with Crippen molar-refractivity contribution in [2.45, 2.75) is 49.5 Å². The molecule has 0 bridgehead atoms. The SMILES string of the molecule is CN(CCC1CCOCC1)c1nc2c(c(NC3CC4(COC4)C3)n1)S(=O)CC2. The summed E-state index contributed by atoms with van der Waals surface area (Å²) in [4.78, 5) is 12.6. The monoisotopic (exact) mass is 406 g/mol. The highest BCUT2D eigenvalue weighted by molar-refractivity contribution is 7.85. The quantitative estimate of drug-likeness (QED) is 0.774. The van der Waals surface area contributed by atoms with Crippen LogP contribution in [0.15, 0.2) is 4.90 Å². The fourth-order valence-corrected chi connectivity index (χ4v) is 6.18. The minimum absolute atomic E-state index is 0.399. The fraction of sp³-hybridized carbons (Fsp3) is 0.800. The van der Waals surface area contributed by atoms with E-state index in [-0.39, 0.29) is 0 Å². The number of anilines is 2. The second kappa shape index (κ2) is 7.54. The van der Waals surface area contributed by atoms with Crippen LogP contribution in [0.25, 0.3) is 0 Å². The lowest BCUT2D eigenvalue weighted by molar-refractivity contribution is -0.159. The minimum atomic E-state index is -0.984. The smallest absolute Gasteiger partial charge is 0.227 e. The van der Waals surface area contributed by atoms with Gasteiger partial charge >= 0.3 is 0 Å². The summed E-state index contributed by atoms with van der Waals surface area (Å²) in [6.07, 6.45) is 6.46. The van der Waals surface area contributed by atoms with Crippen LogP contribution < -0.4 is 10.2 Å². The molecule has 2 saturated heterocycles. The Morgan fingerprint density at radius 1 is 1.21 bits per heavy atom. The van der Waals surface area contributed by atoms with E-state index in [0.29, 0.717) is 17.2 Å². The first-order chi connectivity index (χ1) is 13.6. The average molecular weight is 407 g/mol. The summed E-state index contributed by atoms with van der Waals surface area (Å²) in [6.45, 7) is 4.49. The highest BCUT2D eigenvalue weighted by atomic mass is 32.2. The number of hydrogen-bond acceptors (Lipinski definition) is 7. The van der Waals surface area contributed by atoms with Gasteiger partial charge in [0.15, 0.2) is 0 Å². The second-order valence-corrected chi connectivity index (χ2v) is 10.5. The maximum Gasteiger partial charge on any atom is 0.227 e. The van der Waals surface area contributed by atoms with Crippen LogP contribution in [0, 0.1) is 11.3 Å². The maximum atomic E-state index is 12.5. The predicted molar refractivity (Wildman–Crippen MR) is 108 cm³/mol. The summed E-state index contributed by atoms with van der Waals surface area (Å²) < 4.78 is 23.4. The van der Waals surface area contributed by atoms with Gasteiger partial charge in [0.2, 0.25) is 5.95 Å². The molecule has 3 fully saturated rings. The van der Waals surface area contributed by atoms with E-state index >= 15 is 0 Å². The van der Waals surface area contributed by atoms with Crippen LogP contribution in [0.2, 0.25) is 0 Å². The van der Waals surface area contributed by atoms with Crippen LogP contribution in [0.4, 0.5) is 11.8 Å². The van der Waals surface area contributed by atoms with Crippen molar-refractivity contribution in [1.29, 1.82) is 0 Å². The first kappa shape index (κ1) is 18.8. The van der Waals surface area contributed by atoms with Gasteiger partial charge in [0, 0.05) is 50.4 Å². The molecule has 5 rings (SSSR count). The van der Waals surface area contributed by atoms with Crippen molar-refractivity contribution in [3.05, 3.63) is 5.69 Å². The molecule has 1 aromatic rings. The van der Waals surface area contributed by atoms with Crippen molar-refractivity contribution < 1.29 is 13.7 Å². The van der Waals surface area contributed by atoms with Crippen molar-refractivity contribution in [1.82, 2.24) is 9.97 Å². The van der Waals surface area contributed by atoms with Crippen molar-refractivity contribution in [3.8, 4) is 0 Å². The first-order valence-electron chi connectivity index (χ1n) is 10.5. The molecule has 1 aliphatic carbocycles. The van der Waals surface area contributed by atoms with Gasteiger partial charge in [-0.15, -0.1) is 0 Å². The molecule has 1 N–H and O–H groups in total. The minimum Gasteiger partial charge on any atom is -0.381 e. The summed E-state index contributed by atoms with van der Waals surface area (Å²) in [5, 5.41) is 3.59. The molecule has 1 unspecified atom stereocenters.